The number of methoxy groups -OCH3 is 1. The number of aromatic nitrogens is 1. The lowest BCUT2D eigenvalue weighted by molar-refractivity contribution is -0.137. The van der Waals surface area contributed by atoms with Gasteiger partial charge in [-0.2, -0.15) is 0 Å². The van der Waals surface area contributed by atoms with Crippen molar-refractivity contribution in [1.29, 1.82) is 0 Å². The van der Waals surface area contributed by atoms with Gasteiger partial charge >= 0.3 is 18.0 Å². The van der Waals surface area contributed by atoms with Crippen molar-refractivity contribution in [2.45, 2.75) is 24.9 Å². The number of thiazole rings is 1. The van der Waals surface area contributed by atoms with Crippen LogP contribution in [0.1, 0.15) is 28.6 Å². The summed E-state index contributed by atoms with van der Waals surface area (Å²) >= 11 is 8.01. The van der Waals surface area contributed by atoms with E-state index in [1.807, 2.05) is 23.6 Å². The molecule has 234 valence electrons. The Morgan fingerprint density at radius 2 is 2.02 bits per heavy atom. The molecule has 6 rings (SSSR count). The van der Waals surface area contributed by atoms with Crippen LogP contribution in [-0.4, -0.2) is 89.6 Å². The normalized spacial score (nSPS) is 20.2. The zero-order valence-corrected chi connectivity index (χ0v) is 25.9. The highest BCUT2D eigenvalue weighted by Gasteiger charge is 2.42. The van der Waals surface area contributed by atoms with Gasteiger partial charge in [-0.3, -0.25) is 19.6 Å². The minimum atomic E-state index is -1.00. The second-order valence-electron chi connectivity index (χ2n) is 10.9. The second-order valence-corrected chi connectivity index (χ2v) is 12.2. The van der Waals surface area contributed by atoms with Gasteiger partial charge < -0.3 is 20.1 Å². The van der Waals surface area contributed by atoms with Gasteiger partial charge in [0.25, 0.3) is 0 Å². The van der Waals surface area contributed by atoms with Gasteiger partial charge in [0.1, 0.15) is 11.9 Å². The van der Waals surface area contributed by atoms with E-state index >= 15 is 0 Å². The summed E-state index contributed by atoms with van der Waals surface area (Å²) < 4.78 is 20.0. The average Bonchev–Trinajstić information content (AvgIpc) is 3.68. The van der Waals surface area contributed by atoms with E-state index in [4.69, 9.17) is 26.4 Å². The van der Waals surface area contributed by atoms with Crippen LogP contribution in [-0.2, 0) is 20.7 Å². The molecule has 0 radical (unpaired) electrons. The number of hydrogen-bond donors (Lipinski definition) is 2. The maximum Gasteiger partial charge on any atom is 0.338 e. The molecule has 3 aliphatic rings. The van der Waals surface area contributed by atoms with Crippen molar-refractivity contribution >= 4 is 52.4 Å². The Labute approximate surface area is 267 Å². The number of carbonyl (C=O) groups excluding carboxylic acids is 2. The summed E-state index contributed by atoms with van der Waals surface area (Å²) in [5.74, 6) is -1.55. The number of halogens is 2. The number of esters is 1. The molecule has 2 amide bonds. The summed E-state index contributed by atoms with van der Waals surface area (Å²) in [6.07, 6.45) is 1.58. The number of aliphatic carboxylic acids is 1. The standard InChI is InChI=1S/C31H30ClFN6O5S/c1-44-30(42)26-24(35-28(29-34-10-13-45-29)36-27(26)21-4-2-3-5-22(21)32)17-37-11-12-38-20(15-37)16-39(31(38)43)19-8-6-18(23(33)14-19)7-9-25(40)41/h2-6,8,10,13-14,20,27H,7,9,11-12,15-17H2,1H3,(H,35,36)(H,40,41)/t20-,27-/m0/s1. The van der Waals surface area contributed by atoms with Crippen LogP contribution in [0, 0.1) is 5.82 Å². The first-order valence-electron chi connectivity index (χ1n) is 14.3. The Bertz CT molecular complexity index is 1700. The fourth-order valence-electron chi connectivity index (χ4n) is 5.94. The second kappa shape index (κ2) is 13.0. The number of carboxylic acids is 1. The van der Waals surface area contributed by atoms with Crippen molar-refractivity contribution in [2.24, 2.45) is 4.99 Å². The molecule has 1 aromatic heterocycles. The average molecular weight is 653 g/mol. The molecule has 3 aliphatic heterocycles. The molecule has 2 fully saturated rings. The van der Waals surface area contributed by atoms with Gasteiger partial charge in [0.2, 0.25) is 0 Å². The Hall–Kier alpha value is -4.33. The third-order valence-corrected chi connectivity index (χ3v) is 9.27. The molecule has 0 unspecified atom stereocenters. The highest BCUT2D eigenvalue weighted by atomic mass is 35.5. The van der Waals surface area contributed by atoms with Crippen LogP contribution >= 0.6 is 22.9 Å². The number of piperazine rings is 1. The number of nitrogens with one attached hydrogen (secondary N) is 1. The fraction of sp³-hybridized carbons (Fsp3) is 0.323. The van der Waals surface area contributed by atoms with E-state index < -0.39 is 23.8 Å². The number of urea groups is 1. The molecule has 0 bridgehead atoms. The van der Waals surface area contributed by atoms with Crippen molar-refractivity contribution in [3.05, 3.63) is 92.3 Å². The molecule has 3 aromatic rings. The monoisotopic (exact) mass is 652 g/mol. The molecule has 45 heavy (non-hydrogen) atoms. The number of amidine groups is 1. The van der Waals surface area contributed by atoms with E-state index in [0.717, 1.165) is 0 Å². The number of benzene rings is 2. The van der Waals surface area contributed by atoms with Crippen molar-refractivity contribution in [2.75, 3.05) is 44.7 Å². The predicted octanol–water partition coefficient (Wildman–Crippen LogP) is 4.10. The van der Waals surface area contributed by atoms with Gasteiger partial charge in [-0.1, -0.05) is 35.9 Å². The van der Waals surface area contributed by atoms with Crippen molar-refractivity contribution < 1.29 is 28.6 Å². The van der Waals surface area contributed by atoms with Gasteiger partial charge in [0, 0.05) is 72.7 Å². The maximum atomic E-state index is 14.8. The van der Waals surface area contributed by atoms with E-state index in [1.54, 1.807) is 28.1 Å². The van der Waals surface area contributed by atoms with E-state index in [9.17, 15) is 18.8 Å². The van der Waals surface area contributed by atoms with Crippen molar-refractivity contribution in [3.63, 3.8) is 0 Å². The third kappa shape index (κ3) is 6.28. The zero-order valence-electron chi connectivity index (χ0n) is 24.3. The lowest BCUT2D eigenvalue weighted by Gasteiger charge is -2.38. The summed E-state index contributed by atoms with van der Waals surface area (Å²) in [5, 5.41) is 15.3. The van der Waals surface area contributed by atoms with E-state index in [0.29, 0.717) is 76.7 Å². The van der Waals surface area contributed by atoms with E-state index in [2.05, 4.69) is 15.2 Å². The first-order chi connectivity index (χ1) is 21.7. The maximum absolute atomic E-state index is 14.8. The number of carbonyl (C=O) groups is 3. The number of carboxylic acid groups (broad SMARTS) is 1. The number of anilines is 1. The number of aryl methyl sites for hydroxylation is 1. The lowest BCUT2D eigenvalue weighted by atomic mass is 9.95. The smallest absolute Gasteiger partial charge is 0.338 e. The summed E-state index contributed by atoms with van der Waals surface area (Å²) in [7, 11) is 1.33. The lowest BCUT2D eigenvalue weighted by Crippen LogP contribution is -2.53. The van der Waals surface area contributed by atoms with Gasteiger partial charge in [-0.25, -0.2) is 19.0 Å². The van der Waals surface area contributed by atoms with Crippen molar-refractivity contribution in [3.8, 4) is 0 Å². The van der Waals surface area contributed by atoms with Crippen LogP contribution in [0.4, 0.5) is 14.9 Å². The Morgan fingerprint density at radius 1 is 1.20 bits per heavy atom. The van der Waals surface area contributed by atoms with E-state index in [-0.39, 0.29) is 24.9 Å². The number of amides is 2. The zero-order chi connectivity index (χ0) is 31.7. The SMILES string of the molecule is COC(=O)C1=C(CN2CCN3C(=O)N(c4ccc(CCC(=O)O)c(F)c4)C[C@@H]3C2)NC(c2nccs2)=N[C@H]1c1ccccc1Cl. The summed E-state index contributed by atoms with van der Waals surface area (Å²) in [5.41, 5.74) is 2.34. The molecule has 14 heteroatoms. The third-order valence-electron chi connectivity index (χ3n) is 8.14. The minimum absolute atomic E-state index is 0.0723. The molecule has 2 N–H and O–H groups in total. The van der Waals surface area contributed by atoms with Crippen LogP contribution in [0.5, 0.6) is 0 Å². The summed E-state index contributed by atoms with van der Waals surface area (Å²) in [6.45, 7) is 2.20. The molecule has 0 spiro atoms. The molecule has 2 saturated heterocycles. The van der Waals surface area contributed by atoms with E-state index in [1.165, 1.54) is 30.6 Å². The Balaban J connectivity index is 1.24. The Kier molecular flexibility index (Phi) is 8.83. The van der Waals surface area contributed by atoms with Gasteiger partial charge in [0.05, 0.1) is 18.7 Å². The Morgan fingerprint density at radius 3 is 2.73 bits per heavy atom. The highest BCUT2D eigenvalue weighted by Crippen LogP contribution is 2.37. The van der Waals surface area contributed by atoms with Gasteiger partial charge in [0.15, 0.2) is 10.8 Å². The highest BCUT2D eigenvalue weighted by molar-refractivity contribution is 7.11. The molecule has 4 heterocycles. The molecule has 11 nitrogen and oxygen atoms in total. The largest absolute Gasteiger partial charge is 0.481 e. The van der Waals surface area contributed by atoms with Gasteiger partial charge in [-0.15, -0.1) is 11.3 Å². The number of rotatable bonds is 9. The van der Waals surface area contributed by atoms with Crippen LogP contribution in [0.3, 0.4) is 0 Å². The first-order valence-corrected chi connectivity index (χ1v) is 15.6. The van der Waals surface area contributed by atoms with Crippen LogP contribution in [0.15, 0.2) is 70.3 Å². The minimum Gasteiger partial charge on any atom is -0.481 e. The number of hydrogen-bond acceptors (Lipinski definition) is 9. The topological polar surface area (TPSA) is 128 Å². The number of nitrogens with zero attached hydrogens (tertiary/aromatic N) is 5. The molecule has 2 aromatic carbocycles. The first kappa shape index (κ1) is 30.7. The molecule has 2 atom stereocenters. The predicted molar refractivity (Wildman–Crippen MR) is 167 cm³/mol. The number of ether oxygens (including phenoxy) is 1. The molecule has 0 aliphatic carbocycles. The number of fused-ring (bicyclic) bond motifs is 1. The van der Waals surface area contributed by atoms with Gasteiger partial charge in [-0.05, 0) is 30.2 Å². The molecular formula is C31H30ClFN6O5S. The quantitative estimate of drug-likeness (QED) is 0.331. The molecular weight excluding hydrogens is 623 g/mol. The number of aliphatic imine (C=N–C) groups is 1. The van der Waals surface area contributed by atoms with Crippen LogP contribution in [0.2, 0.25) is 5.02 Å². The summed E-state index contributed by atoms with van der Waals surface area (Å²) in [4.78, 5) is 52.3. The fourth-order valence-corrected chi connectivity index (χ4v) is 6.77. The van der Waals surface area contributed by atoms with Crippen molar-refractivity contribution in [1.82, 2.24) is 20.1 Å². The van der Waals surface area contributed by atoms with Crippen LogP contribution in [0.25, 0.3) is 0 Å². The van der Waals surface area contributed by atoms with Crippen LogP contribution < -0.4 is 10.2 Å². The summed E-state index contributed by atoms with van der Waals surface area (Å²) in [6, 6.07) is 10.6. The molecule has 0 saturated carbocycles.